The number of pyridine rings is 2. The molecule has 5 heteroatoms. The second kappa shape index (κ2) is 4.10. The monoisotopic (exact) mass is 243 g/mol. The van der Waals surface area contributed by atoms with Crippen molar-refractivity contribution in [3.63, 3.8) is 0 Å². The highest BCUT2D eigenvalue weighted by Crippen LogP contribution is 2.29. The van der Waals surface area contributed by atoms with Gasteiger partial charge in [-0.3, -0.25) is 4.98 Å². The maximum Gasteiger partial charge on any atom is 0.214 e. The molecule has 3 aromatic heterocycles. The number of aromatic nitrogens is 3. The van der Waals surface area contributed by atoms with E-state index in [0.29, 0.717) is 5.88 Å². The molecule has 0 aliphatic carbocycles. The van der Waals surface area contributed by atoms with Crippen LogP contribution in [0.5, 0.6) is 5.88 Å². The predicted octanol–water partition coefficient (Wildman–Crippen LogP) is 2.76. The molecule has 0 saturated heterocycles. The van der Waals surface area contributed by atoms with E-state index in [1.54, 1.807) is 30.8 Å². The minimum atomic E-state index is 0.613. The Morgan fingerprint density at radius 3 is 2.65 bits per heavy atom. The van der Waals surface area contributed by atoms with Crippen LogP contribution in [0.2, 0.25) is 0 Å². The Morgan fingerprint density at radius 2 is 1.88 bits per heavy atom. The van der Waals surface area contributed by atoms with Crippen LogP contribution in [0, 0.1) is 0 Å². The molecule has 0 N–H and O–H groups in total. The summed E-state index contributed by atoms with van der Waals surface area (Å²) in [6, 6.07) is 7.62. The van der Waals surface area contributed by atoms with E-state index in [9.17, 15) is 0 Å². The van der Waals surface area contributed by atoms with Gasteiger partial charge in [-0.15, -0.1) is 0 Å². The van der Waals surface area contributed by atoms with Crippen LogP contribution in [-0.2, 0) is 0 Å². The molecule has 3 aromatic rings. The van der Waals surface area contributed by atoms with Gasteiger partial charge in [0.25, 0.3) is 0 Å². The van der Waals surface area contributed by atoms with Crippen LogP contribution in [0.25, 0.3) is 20.9 Å². The third-order valence-corrected chi connectivity index (χ3v) is 3.38. The third-order valence-electron chi connectivity index (χ3n) is 2.37. The van der Waals surface area contributed by atoms with E-state index >= 15 is 0 Å². The molecular weight excluding hydrogens is 234 g/mol. The predicted molar refractivity (Wildman–Crippen MR) is 67.2 cm³/mol. The van der Waals surface area contributed by atoms with Gasteiger partial charge in [-0.25, -0.2) is 9.97 Å². The zero-order chi connectivity index (χ0) is 11.7. The van der Waals surface area contributed by atoms with Crippen molar-refractivity contribution in [1.82, 2.24) is 15.0 Å². The SMILES string of the molecule is COc1ccc2nc(-c3ccncc3)sc2n1. The molecule has 0 bridgehead atoms. The van der Waals surface area contributed by atoms with Crippen molar-refractivity contribution in [2.24, 2.45) is 0 Å². The zero-order valence-electron chi connectivity index (χ0n) is 9.12. The minimum Gasteiger partial charge on any atom is -0.481 e. The Kier molecular flexibility index (Phi) is 2.45. The summed E-state index contributed by atoms with van der Waals surface area (Å²) in [7, 11) is 1.61. The standard InChI is InChI=1S/C12H9N3OS/c1-16-10-3-2-9-12(15-10)17-11(14-9)8-4-6-13-7-5-8/h2-7H,1H3. The van der Waals surface area contributed by atoms with Crippen LogP contribution in [0.4, 0.5) is 0 Å². The van der Waals surface area contributed by atoms with Gasteiger partial charge < -0.3 is 4.74 Å². The van der Waals surface area contributed by atoms with Crippen LogP contribution in [0.15, 0.2) is 36.7 Å². The summed E-state index contributed by atoms with van der Waals surface area (Å²) >= 11 is 1.55. The van der Waals surface area contributed by atoms with Crippen LogP contribution in [0.1, 0.15) is 0 Å². The smallest absolute Gasteiger partial charge is 0.214 e. The maximum atomic E-state index is 5.10. The highest BCUT2D eigenvalue weighted by molar-refractivity contribution is 7.21. The molecular formula is C12H9N3OS. The molecule has 0 aliphatic heterocycles. The zero-order valence-corrected chi connectivity index (χ0v) is 9.94. The summed E-state index contributed by atoms with van der Waals surface area (Å²) in [4.78, 5) is 13.8. The number of thiazole rings is 1. The van der Waals surface area contributed by atoms with E-state index in [4.69, 9.17) is 4.74 Å². The van der Waals surface area contributed by atoms with Crippen LogP contribution < -0.4 is 4.74 Å². The van der Waals surface area contributed by atoms with Crippen molar-refractivity contribution in [2.75, 3.05) is 7.11 Å². The minimum absolute atomic E-state index is 0.613. The van der Waals surface area contributed by atoms with E-state index in [2.05, 4.69) is 15.0 Å². The fraction of sp³-hybridized carbons (Fsp3) is 0.0833. The number of hydrogen-bond acceptors (Lipinski definition) is 5. The highest BCUT2D eigenvalue weighted by atomic mass is 32.1. The lowest BCUT2D eigenvalue weighted by atomic mass is 10.3. The first kappa shape index (κ1) is 10.2. The Labute approximate surface area is 102 Å². The van der Waals surface area contributed by atoms with Gasteiger partial charge in [-0.1, -0.05) is 11.3 Å². The molecule has 0 unspecified atom stereocenters. The molecule has 0 saturated carbocycles. The molecule has 0 aliphatic rings. The number of ether oxygens (including phenoxy) is 1. The molecule has 84 valence electrons. The molecule has 4 nitrogen and oxygen atoms in total. The highest BCUT2D eigenvalue weighted by Gasteiger charge is 2.07. The van der Waals surface area contributed by atoms with Crippen molar-refractivity contribution < 1.29 is 4.74 Å². The number of fused-ring (bicyclic) bond motifs is 1. The molecule has 17 heavy (non-hydrogen) atoms. The summed E-state index contributed by atoms with van der Waals surface area (Å²) < 4.78 is 5.10. The first-order valence-corrected chi connectivity index (χ1v) is 5.90. The molecule has 0 atom stereocenters. The summed E-state index contributed by atoms with van der Waals surface area (Å²) in [6.07, 6.45) is 3.52. The van der Waals surface area contributed by atoms with E-state index in [0.717, 1.165) is 20.9 Å². The van der Waals surface area contributed by atoms with E-state index in [1.807, 2.05) is 24.3 Å². The van der Waals surface area contributed by atoms with Crippen molar-refractivity contribution in [1.29, 1.82) is 0 Å². The number of nitrogens with zero attached hydrogens (tertiary/aromatic N) is 3. The van der Waals surface area contributed by atoms with Crippen molar-refractivity contribution in [3.05, 3.63) is 36.7 Å². The Balaban J connectivity index is 2.14. The molecule has 0 spiro atoms. The Bertz CT molecular complexity index is 651. The second-order valence-corrected chi connectivity index (χ2v) is 4.41. The molecule has 0 fully saturated rings. The summed E-state index contributed by atoms with van der Waals surface area (Å²) in [5.41, 5.74) is 1.95. The lowest BCUT2D eigenvalue weighted by Gasteiger charge is -1.95. The summed E-state index contributed by atoms with van der Waals surface area (Å²) in [5.74, 6) is 0.613. The number of hydrogen-bond donors (Lipinski definition) is 0. The molecule has 3 rings (SSSR count). The van der Waals surface area contributed by atoms with Gasteiger partial charge in [0.1, 0.15) is 15.4 Å². The Morgan fingerprint density at radius 1 is 1.06 bits per heavy atom. The van der Waals surface area contributed by atoms with Gasteiger partial charge in [-0.2, -0.15) is 0 Å². The second-order valence-electron chi connectivity index (χ2n) is 3.43. The first-order chi connectivity index (χ1) is 8.36. The molecule has 0 amide bonds. The summed E-state index contributed by atoms with van der Waals surface area (Å²) in [5, 5.41) is 0.947. The van der Waals surface area contributed by atoms with Crippen molar-refractivity contribution in [3.8, 4) is 16.5 Å². The van der Waals surface area contributed by atoms with Gasteiger partial charge in [0.05, 0.1) is 7.11 Å². The molecule has 0 radical (unpaired) electrons. The quantitative estimate of drug-likeness (QED) is 0.694. The average molecular weight is 243 g/mol. The van der Waals surface area contributed by atoms with Gasteiger partial charge in [0.15, 0.2) is 0 Å². The Hall–Kier alpha value is -2.01. The average Bonchev–Trinajstić information content (AvgIpc) is 2.82. The van der Waals surface area contributed by atoms with Gasteiger partial charge in [-0.05, 0) is 18.2 Å². The van der Waals surface area contributed by atoms with Gasteiger partial charge in [0.2, 0.25) is 5.88 Å². The number of methoxy groups -OCH3 is 1. The molecule has 0 aromatic carbocycles. The first-order valence-electron chi connectivity index (χ1n) is 5.09. The van der Waals surface area contributed by atoms with E-state index < -0.39 is 0 Å². The van der Waals surface area contributed by atoms with Crippen LogP contribution in [-0.4, -0.2) is 22.1 Å². The lowest BCUT2D eigenvalue weighted by Crippen LogP contribution is -1.85. The van der Waals surface area contributed by atoms with E-state index in [1.165, 1.54) is 0 Å². The number of rotatable bonds is 2. The van der Waals surface area contributed by atoms with Crippen molar-refractivity contribution >= 4 is 21.7 Å². The lowest BCUT2D eigenvalue weighted by molar-refractivity contribution is 0.400. The topological polar surface area (TPSA) is 47.9 Å². The van der Waals surface area contributed by atoms with Gasteiger partial charge >= 0.3 is 0 Å². The fourth-order valence-corrected chi connectivity index (χ4v) is 2.47. The third kappa shape index (κ3) is 1.85. The maximum absolute atomic E-state index is 5.10. The van der Waals surface area contributed by atoms with Gasteiger partial charge in [0, 0.05) is 24.0 Å². The van der Waals surface area contributed by atoms with E-state index in [-0.39, 0.29) is 0 Å². The fourth-order valence-electron chi connectivity index (χ4n) is 1.53. The largest absolute Gasteiger partial charge is 0.481 e. The normalized spacial score (nSPS) is 10.6. The van der Waals surface area contributed by atoms with Crippen LogP contribution in [0.3, 0.4) is 0 Å². The van der Waals surface area contributed by atoms with Crippen LogP contribution >= 0.6 is 11.3 Å². The van der Waals surface area contributed by atoms with Crippen molar-refractivity contribution in [2.45, 2.75) is 0 Å². The molecule has 3 heterocycles. The summed E-state index contributed by atoms with van der Waals surface area (Å²) in [6.45, 7) is 0.